The molecule has 0 amide bonds. The number of aromatic nitrogens is 1. The summed E-state index contributed by atoms with van der Waals surface area (Å²) in [4.78, 5) is 15.4. The van der Waals surface area contributed by atoms with E-state index in [9.17, 15) is 10.1 Å². The lowest BCUT2D eigenvalue weighted by atomic mass is 9.97. The van der Waals surface area contributed by atoms with E-state index in [0.29, 0.717) is 41.5 Å². The number of nitriles is 1. The summed E-state index contributed by atoms with van der Waals surface area (Å²) in [6.07, 6.45) is 0. The molecule has 0 fully saturated rings. The van der Waals surface area contributed by atoms with E-state index in [1.807, 2.05) is 69.3 Å². The molecular weight excluding hydrogens is 352 g/mol. The molecule has 2 aromatic carbocycles. The zero-order valence-electron chi connectivity index (χ0n) is 16.2. The molecule has 0 saturated heterocycles. The van der Waals surface area contributed by atoms with Gasteiger partial charge in [-0.1, -0.05) is 29.8 Å². The molecule has 1 heterocycles. The van der Waals surface area contributed by atoms with Crippen LogP contribution in [0.5, 0.6) is 11.5 Å². The van der Waals surface area contributed by atoms with Crippen LogP contribution in [-0.4, -0.2) is 18.2 Å². The van der Waals surface area contributed by atoms with Crippen LogP contribution in [0.25, 0.3) is 22.4 Å². The van der Waals surface area contributed by atoms with Crippen molar-refractivity contribution in [1.29, 1.82) is 5.26 Å². The summed E-state index contributed by atoms with van der Waals surface area (Å²) in [5.41, 5.74) is 3.43. The fourth-order valence-corrected chi connectivity index (χ4v) is 3.03. The van der Waals surface area contributed by atoms with Crippen LogP contribution in [0, 0.1) is 18.3 Å². The Morgan fingerprint density at radius 2 is 1.68 bits per heavy atom. The van der Waals surface area contributed by atoms with Crippen LogP contribution >= 0.6 is 0 Å². The third kappa shape index (κ3) is 3.91. The highest BCUT2D eigenvalue weighted by atomic mass is 16.5. The second kappa shape index (κ2) is 8.45. The van der Waals surface area contributed by atoms with Gasteiger partial charge in [-0.3, -0.25) is 4.79 Å². The number of H-pyrrole nitrogens is 1. The monoisotopic (exact) mass is 374 g/mol. The molecule has 1 N–H and O–H groups in total. The minimum absolute atomic E-state index is 0.0467. The highest BCUT2D eigenvalue weighted by molar-refractivity contribution is 5.80. The second-order valence-electron chi connectivity index (χ2n) is 6.30. The molecule has 142 valence electrons. The molecule has 3 aromatic rings. The van der Waals surface area contributed by atoms with Gasteiger partial charge in [0, 0.05) is 16.8 Å². The molecule has 0 spiro atoms. The second-order valence-corrected chi connectivity index (χ2v) is 6.30. The number of pyridine rings is 1. The summed E-state index contributed by atoms with van der Waals surface area (Å²) in [6.45, 7) is 6.78. The van der Waals surface area contributed by atoms with Gasteiger partial charge in [-0.05, 0) is 50.6 Å². The zero-order chi connectivity index (χ0) is 20.1. The Morgan fingerprint density at radius 3 is 2.32 bits per heavy atom. The first-order chi connectivity index (χ1) is 13.6. The molecule has 0 radical (unpaired) electrons. The Balaban J connectivity index is 2.25. The standard InChI is InChI=1S/C23H22N2O3/c1-4-27-17-10-11-22(28-5-2)19(12-17)18-13-21(25-23(26)20(18)14-24)16-8-6-15(3)7-9-16/h6-13H,4-5H2,1-3H3,(H,25,26). The van der Waals surface area contributed by atoms with Gasteiger partial charge in [0.05, 0.1) is 13.2 Å². The van der Waals surface area contributed by atoms with Gasteiger partial charge >= 0.3 is 0 Å². The Kier molecular flexibility index (Phi) is 5.81. The minimum Gasteiger partial charge on any atom is -0.494 e. The largest absolute Gasteiger partial charge is 0.494 e. The number of rotatable bonds is 6. The number of aryl methyl sites for hydroxylation is 1. The van der Waals surface area contributed by atoms with Gasteiger partial charge in [0.25, 0.3) is 5.56 Å². The highest BCUT2D eigenvalue weighted by Crippen LogP contribution is 2.36. The molecule has 28 heavy (non-hydrogen) atoms. The van der Waals surface area contributed by atoms with Gasteiger partial charge in [-0.2, -0.15) is 5.26 Å². The summed E-state index contributed by atoms with van der Waals surface area (Å²) < 4.78 is 11.4. The summed E-state index contributed by atoms with van der Waals surface area (Å²) in [5, 5.41) is 9.61. The van der Waals surface area contributed by atoms with Crippen molar-refractivity contribution in [1.82, 2.24) is 4.98 Å². The maximum absolute atomic E-state index is 12.6. The van der Waals surface area contributed by atoms with E-state index < -0.39 is 5.56 Å². The fraction of sp³-hybridized carbons (Fsp3) is 0.217. The minimum atomic E-state index is -0.431. The van der Waals surface area contributed by atoms with Gasteiger partial charge < -0.3 is 14.5 Å². The molecule has 0 atom stereocenters. The number of hydrogen-bond acceptors (Lipinski definition) is 4. The molecule has 0 aliphatic heterocycles. The molecule has 0 unspecified atom stereocenters. The SMILES string of the molecule is CCOc1ccc(OCC)c(-c2cc(-c3ccc(C)cc3)[nH]c(=O)c2C#N)c1. The predicted octanol–water partition coefficient (Wildman–Crippen LogP) is 4.69. The molecule has 0 aliphatic carbocycles. The third-order valence-electron chi connectivity index (χ3n) is 4.36. The Morgan fingerprint density at radius 1 is 0.964 bits per heavy atom. The van der Waals surface area contributed by atoms with Gasteiger partial charge in [-0.15, -0.1) is 0 Å². The van der Waals surface area contributed by atoms with E-state index in [1.54, 1.807) is 6.07 Å². The molecule has 3 rings (SSSR count). The molecule has 1 aromatic heterocycles. The van der Waals surface area contributed by atoms with Crippen LogP contribution in [0.1, 0.15) is 25.0 Å². The Labute approximate surface area is 164 Å². The van der Waals surface area contributed by atoms with Crippen LogP contribution < -0.4 is 15.0 Å². The normalized spacial score (nSPS) is 10.4. The third-order valence-corrected chi connectivity index (χ3v) is 4.36. The van der Waals surface area contributed by atoms with E-state index >= 15 is 0 Å². The predicted molar refractivity (Wildman–Crippen MR) is 110 cm³/mol. The zero-order valence-corrected chi connectivity index (χ0v) is 16.2. The number of hydrogen-bond donors (Lipinski definition) is 1. The maximum Gasteiger partial charge on any atom is 0.266 e. The van der Waals surface area contributed by atoms with E-state index in [1.165, 1.54) is 0 Å². The average Bonchev–Trinajstić information content (AvgIpc) is 2.69. The molecule has 0 bridgehead atoms. The van der Waals surface area contributed by atoms with Crippen LogP contribution in [0.2, 0.25) is 0 Å². The van der Waals surface area contributed by atoms with E-state index in [0.717, 1.165) is 11.1 Å². The van der Waals surface area contributed by atoms with E-state index in [2.05, 4.69) is 4.98 Å². The fourth-order valence-electron chi connectivity index (χ4n) is 3.03. The number of nitrogens with zero attached hydrogens (tertiary/aromatic N) is 1. The van der Waals surface area contributed by atoms with Crippen molar-refractivity contribution in [2.24, 2.45) is 0 Å². The smallest absolute Gasteiger partial charge is 0.266 e. The summed E-state index contributed by atoms with van der Waals surface area (Å²) in [6, 6.07) is 17.1. The first kappa shape index (κ1) is 19.2. The average molecular weight is 374 g/mol. The Bertz CT molecular complexity index is 1080. The van der Waals surface area contributed by atoms with Crippen molar-refractivity contribution in [2.75, 3.05) is 13.2 Å². The summed E-state index contributed by atoms with van der Waals surface area (Å²) in [7, 11) is 0. The summed E-state index contributed by atoms with van der Waals surface area (Å²) >= 11 is 0. The van der Waals surface area contributed by atoms with Crippen molar-refractivity contribution in [2.45, 2.75) is 20.8 Å². The van der Waals surface area contributed by atoms with Crippen molar-refractivity contribution in [3.63, 3.8) is 0 Å². The number of ether oxygens (including phenoxy) is 2. The molecule has 0 aliphatic rings. The van der Waals surface area contributed by atoms with Crippen molar-refractivity contribution in [3.8, 4) is 40.0 Å². The number of aromatic amines is 1. The van der Waals surface area contributed by atoms with Crippen LogP contribution in [0.4, 0.5) is 0 Å². The Hall–Kier alpha value is -3.52. The van der Waals surface area contributed by atoms with Crippen molar-refractivity contribution >= 4 is 0 Å². The van der Waals surface area contributed by atoms with Crippen molar-refractivity contribution < 1.29 is 9.47 Å². The molecular formula is C23H22N2O3. The number of nitrogens with one attached hydrogen (secondary N) is 1. The maximum atomic E-state index is 12.6. The van der Waals surface area contributed by atoms with Gasteiger partial charge in [-0.25, -0.2) is 0 Å². The highest BCUT2D eigenvalue weighted by Gasteiger charge is 2.17. The molecule has 5 nitrogen and oxygen atoms in total. The van der Waals surface area contributed by atoms with Gasteiger partial charge in [0.2, 0.25) is 0 Å². The lowest BCUT2D eigenvalue weighted by Gasteiger charge is -2.14. The first-order valence-corrected chi connectivity index (χ1v) is 9.21. The van der Waals surface area contributed by atoms with E-state index in [4.69, 9.17) is 9.47 Å². The first-order valence-electron chi connectivity index (χ1n) is 9.21. The topological polar surface area (TPSA) is 75.1 Å². The quantitative estimate of drug-likeness (QED) is 0.679. The van der Waals surface area contributed by atoms with E-state index in [-0.39, 0.29) is 5.56 Å². The molecule has 0 saturated carbocycles. The summed E-state index contributed by atoms with van der Waals surface area (Å²) in [5.74, 6) is 1.25. The van der Waals surface area contributed by atoms with Crippen molar-refractivity contribution in [3.05, 3.63) is 70.0 Å². The molecule has 5 heteroatoms. The van der Waals surface area contributed by atoms with Crippen LogP contribution in [-0.2, 0) is 0 Å². The lowest BCUT2D eigenvalue weighted by molar-refractivity contribution is 0.331. The van der Waals surface area contributed by atoms with Gasteiger partial charge in [0.1, 0.15) is 23.1 Å². The lowest BCUT2D eigenvalue weighted by Crippen LogP contribution is -2.13. The van der Waals surface area contributed by atoms with Crippen LogP contribution in [0.15, 0.2) is 53.3 Å². The van der Waals surface area contributed by atoms with Gasteiger partial charge in [0.15, 0.2) is 0 Å². The van der Waals surface area contributed by atoms with Crippen LogP contribution in [0.3, 0.4) is 0 Å². The number of benzene rings is 2.